The monoisotopic (exact) mass is 234 g/mol. The smallest absolute Gasteiger partial charge is 0.123 e. The van der Waals surface area contributed by atoms with Crippen LogP contribution in [0, 0.1) is 5.82 Å². The summed E-state index contributed by atoms with van der Waals surface area (Å²) in [5, 5.41) is 0. The van der Waals surface area contributed by atoms with Crippen molar-refractivity contribution in [3.05, 3.63) is 29.6 Å². The lowest BCUT2D eigenvalue weighted by atomic mass is 9.76. The number of likely N-dealkylation sites (tertiary alicyclic amines) is 1. The predicted octanol–water partition coefficient (Wildman–Crippen LogP) is 2.24. The Morgan fingerprint density at radius 1 is 1.24 bits per heavy atom. The normalized spacial score (nSPS) is 28.8. The van der Waals surface area contributed by atoms with Gasteiger partial charge in [-0.05, 0) is 50.2 Å². The highest BCUT2D eigenvalue weighted by Gasteiger charge is 2.43. The van der Waals surface area contributed by atoms with E-state index in [1.165, 1.54) is 24.1 Å². The molecule has 1 atom stereocenters. The summed E-state index contributed by atoms with van der Waals surface area (Å²) in [6.07, 6.45) is 2.39. The highest BCUT2D eigenvalue weighted by Crippen LogP contribution is 2.45. The van der Waals surface area contributed by atoms with Gasteiger partial charge in [0.15, 0.2) is 0 Å². The minimum Gasteiger partial charge on any atom is -0.373 e. The van der Waals surface area contributed by atoms with Gasteiger partial charge in [-0.3, -0.25) is 0 Å². The van der Waals surface area contributed by atoms with Crippen LogP contribution in [0.25, 0.3) is 0 Å². The van der Waals surface area contributed by atoms with Gasteiger partial charge < -0.3 is 9.80 Å². The van der Waals surface area contributed by atoms with Crippen molar-refractivity contribution < 1.29 is 4.39 Å². The van der Waals surface area contributed by atoms with E-state index in [1.54, 1.807) is 12.1 Å². The number of benzene rings is 1. The van der Waals surface area contributed by atoms with Crippen LogP contribution in [0.3, 0.4) is 0 Å². The number of hydrogen-bond donors (Lipinski definition) is 0. The summed E-state index contributed by atoms with van der Waals surface area (Å²) in [6.45, 7) is 3.24. The fourth-order valence-corrected chi connectivity index (χ4v) is 3.60. The quantitative estimate of drug-likeness (QED) is 0.679. The first-order valence-electron chi connectivity index (χ1n) is 6.30. The van der Waals surface area contributed by atoms with Crippen LogP contribution >= 0.6 is 0 Å². The molecule has 1 fully saturated rings. The number of rotatable bonds is 0. The van der Waals surface area contributed by atoms with Crippen LogP contribution < -0.4 is 4.90 Å². The standard InChI is InChI=1S/C14H19FN2/c1-16-7-3-6-14(9-16)10-17(2)13-5-4-11(15)8-12(13)14/h4-5,8H,3,6-7,9-10H2,1-2H3/t14-/m1/s1. The number of likely N-dealkylation sites (N-methyl/N-ethyl adjacent to an activating group) is 2. The second-order valence-electron chi connectivity index (χ2n) is 5.64. The molecule has 0 aromatic heterocycles. The highest BCUT2D eigenvalue weighted by molar-refractivity contribution is 5.62. The van der Waals surface area contributed by atoms with Crippen LogP contribution in [-0.2, 0) is 5.41 Å². The Morgan fingerprint density at radius 2 is 2.06 bits per heavy atom. The van der Waals surface area contributed by atoms with Gasteiger partial charge in [0.1, 0.15) is 5.82 Å². The summed E-state index contributed by atoms with van der Waals surface area (Å²) in [5.41, 5.74) is 2.58. The molecule has 17 heavy (non-hydrogen) atoms. The van der Waals surface area contributed by atoms with Crippen molar-refractivity contribution in [2.75, 3.05) is 38.6 Å². The summed E-state index contributed by atoms with van der Waals surface area (Å²) in [5.74, 6) is -0.105. The molecule has 0 unspecified atom stereocenters. The highest BCUT2D eigenvalue weighted by atomic mass is 19.1. The zero-order valence-corrected chi connectivity index (χ0v) is 10.5. The summed E-state index contributed by atoms with van der Waals surface area (Å²) in [7, 11) is 4.28. The second-order valence-corrected chi connectivity index (χ2v) is 5.64. The average Bonchev–Trinajstić information content (AvgIpc) is 2.51. The number of hydrogen-bond acceptors (Lipinski definition) is 2. The molecule has 1 aromatic carbocycles. The maximum atomic E-state index is 13.5. The Bertz CT molecular complexity index is 442. The molecule has 0 bridgehead atoms. The van der Waals surface area contributed by atoms with E-state index in [0.29, 0.717) is 0 Å². The number of fused-ring (bicyclic) bond motifs is 2. The molecule has 0 radical (unpaired) electrons. The summed E-state index contributed by atoms with van der Waals surface area (Å²) < 4.78 is 13.5. The molecule has 0 saturated carbocycles. The van der Waals surface area contributed by atoms with E-state index in [1.807, 2.05) is 6.07 Å². The average molecular weight is 234 g/mol. The molecule has 1 aromatic rings. The Kier molecular flexibility index (Phi) is 2.40. The van der Waals surface area contributed by atoms with Crippen LogP contribution in [0.15, 0.2) is 18.2 Å². The van der Waals surface area contributed by atoms with Crippen LogP contribution in [0.2, 0.25) is 0 Å². The third-order valence-electron chi connectivity index (χ3n) is 4.25. The van der Waals surface area contributed by atoms with Crippen LogP contribution in [0.1, 0.15) is 18.4 Å². The molecule has 0 N–H and O–H groups in total. The van der Waals surface area contributed by atoms with Crippen LogP contribution in [0.4, 0.5) is 10.1 Å². The van der Waals surface area contributed by atoms with E-state index in [4.69, 9.17) is 0 Å². The van der Waals surface area contributed by atoms with Gasteiger partial charge in [-0.1, -0.05) is 0 Å². The zero-order chi connectivity index (χ0) is 12.0. The Morgan fingerprint density at radius 3 is 2.82 bits per heavy atom. The van der Waals surface area contributed by atoms with Crippen molar-refractivity contribution in [2.24, 2.45) is 0 Å². The van der Waals surface area contributed by atoms with E-state index in [9.17, 15) is 4.39 Å². The van der Waals surface area contributed by atoms with E-state index < -0.39 is 0 Å². The number of anilines is 1. The van der Waals surface area contributed by atoms with Crippen LogP contribution in [0.5, 0.6) is 0 Å². The molecular weight excluding hydrogens is 215 g/mol. The fourth-order valence-electron chi connectivity index (χ4n) is 3.60. The lowest BCUT2D eigenvalue weighted by molar-refractivity contribution is 0.185. The predicted molar refractivity (Wildman–Crippen MR) is 68.1 cm³/mol. The van der Waals surface area contributed by atoms with Gasteiger partial charge in [-0.15, -0.1) is 0 Å². The van der Waals surface area contributed by atoms with Crippen molar-refractivity contribution in [3.63, 3.8) is 0 Å². The number of nitrogens with zero attached hydrogens (tertiary/aromatic N) is 2. The Balaban J connectivity index is 2.07. The van der Waals surface area contributed by atoms with Crippen molar-refractivity contribution in [1.82, 2.24) is 4.90 Å². The molecule has 0 aliphatic carbocycles. The van der Waals surface area contributed by atoms with Crippen molar-refractivity contribution in [3.8, 4) is 0 Å². The van der Waals surface area contributed by atoms with E-state index in [0.717, 1.165) is 19.6 Å². The molecule has 1 saturated heterocycles. The minimum atomic E-state index is -0.105. The first-order chi connectivity index (χ1) is 8.11. The molecule has 3 rings (SSSR count). The molecule has 2 aliphatic rings. The molecular formula is C14H19FN2. The number of piperidine rings is 1. The number of halogens is 1. The van der Waals surface area contributed by atoms with Gasteiger partial charge in [-0.2, -0.15) is 0 Å². The minimum absolute atomic E-state index is 0.105. The molecule has 0 amide bonds. The van der Waals surface area contributed by atoms with E-state index in [2.05, 4.69) is 23.9 Å². The van der Waals surface area contributed by atoms with Gasteiger partial charge in [0.25, 0.3) is 0 Å². The van der Waals surface area contributed by atoms with Gasteiger partial charge >= 0.3 is 0 Å². The second kappa shape index (κ2) is 3.70. The van der Waals surface area contributed by atoms with Gasteiger partial charge in [-0.25, -0.2) is 4.39 Å². The lowest BCUT2D eigenvalue weighted by Gasteiger charge is -2.39. The third-order valence-corrected chi connectivity index (χ3v) is 4.25. The largest absolute Gasteiger partial charge is 0.373 e. The molecule has 3 heteroatoms. The third kappa shape index (κ3) is 1.64. The molecule has 1 spiro atoms. The van der Waals surface area contributed by atoms with E-state index >= 15 is 0 Å². The Hall–Kier alpha value is -1.09. The van der Waals surface area contributed by atoms with Gasteiger partial charge in [0, 0.05) is 31.2 Å². The van der Waals surface area contributed by atoms with E-state index in [-0.39, 0.29) is 11.2 Å². The van der Waals surface area contributed by atoms with Gasteiger partial charge in [0.05, 0.1) is 0 Å². The first kappa shape index (κ1) is 11.0. The van der Waals surface area contributed by atoms with Crippen molar-refractivity contribution >= 4 is 5.69 Å². The summed E-state index contributed by atoms with van der Waals surface area (Å²) >= 11 is 0. The summed E-state index contributed by atoms with van der Waals surface area (Å²) in [4.78, 5) is 4.64. The maximum Gasteiger partial charge on any atom is 0.123 e. The molecule has 2 aliphatic heterocycles. The Labute approximate surface area is 102 Å². The fraction of sp³-hybridized carbons (Fsp3) is 0.571. The first-order valence-corrected chi connectivity index (χ1v) is 6.30. The van der Waals surface area contributed by atoms with Gasteiger partial charge in [0.2, 0.25) is 0 Å². The molecule has 2 heterocycles. The topological polar surface area (TPSA) is 6.48 Å². The van der Waals surface area contributed by atoms with Crippen molar-refractivity contribution in [2.45, 2.75) is 18.3 Å². The molecule has 2 nitrogen and oxygen atoms in total. The van der Waals surface area contributed by atoms with Crippen molar-refractivity contribution in [1.29, 1.82) is 0 Å². The summed E-state index contributed by atoms with van der Waals surface area (Å²) in [6, 6.07) is 5.24. The lowest BCUT2D eigenvalue weighted by Crippen LogP contribution is -2.46. The molecule has 92 valence electrons. The zero-order valence-electron chi connectivity index (χ0n) is 10.5. The maximum absolute atomic E-state index is 13.5. The van der Waals surface area contributed by atoms with Crippen LogP contribution in [-0.4, -0.2) is 38.6 Å². The SMILES string of the molecule is CN1CCC[C@@]2(C1)CN(C)c1ccc(F)cc12.